The summed E-state index contributed by atoms with van der Waals surface area (Å²) in [6, 6.07) is 23.1. The third-order valence-corrected chi connectivity index (χ3v) is 7.93. The van der Waals surface area contributed by atoms with Crippen LogP contribution in [0.5, 0.6) is 0 Å². The second-order valence-electron chi connectivity index (χ2n) is 9.90. The smallest absolute Gasteiger partial charge is 0.154 e. The van der Waals surface area contributed by atoms with Crippen molar-refractivity contribution in [2.24, 2.45) is 5.11 Å². The van der Waals surface area contributed by atoms with E-state index in [4.69, 9.17) is 0 Å². The molecular weight excluding hydrogens is 468 g/mol. The molecule has 186 valence electrons. The highest BCUT2D eigenvalue weighted by Crippen LogP contribution is 2.46. The average molecular weight is 497 g/mol. The van der Waals surface area contributed by atoms with E-state index in [9.17, 15) is 10.3 Å². The van der Waals surface area contributed by atoms with Crippen molar-refractivity contribution in [1.29, 1.82) is 0 Å². The number of allylic oxidation sites excluding steroid dienone is 5. The van der Waals surface area contributed by atoms with Crippen molar-refractivity contribution in [3.8, 4) is 11.1 Å². The van der Waals surface area contributed by atoms with E-state index in [1.807, 2.05) is 59.7 Å². The molecule has 1 heterocycles. The van der Waals surface area contributed by atoms with Gasteiger partial charge < -0.3 is 4.90 Å². The number of carbonyl (C=O) groups excluding carboxylic acids is 1. The number of hydrogen-bond donors (Lipinski definition) is 0. The van der Waals surface area contributed by atoms with Crippen LogP contribution in [0.2, 0.25) is 0 Å². The third-order valence-electron chi connectivity index (χ3n) is 7.93. The summed E-state index contributed by atoms with van der Waals surface area (Å²) in [5, 5.41) is 4.11. The second kappa shape index (κ2) is 10.0. The first-order chi connectivity index (χ1) is 18.8. The lowest BCUT2D eigenvalue weighted by molar-refractivity contribution is -0.113. The van der Waals surface area contributed by atoms with E-state index in [-0.39, 0.29) is 0 Å². The Morgan fingerprint density at radius 2 is 1.66 bits per heavy atom. The minimum atomic E-state index is -1.28. The van der Waals surface area contributed by atoms with Gasteiger partial charge >= 0.3 is 0 Å². The first kappa shape index (κ1) is 23.8. The quantitative estimate of drug-likeness (QED) is 0.159. The van der Waals surface area contributed by atoms with Crippen LogP contribution in [0.4, 0.5) is 0 Å². The number of hydrogen-bond acceptors (Lipinski definition) is 3. The molecule has 0 bridgehead atoms. The molecule has 0 saturated carbocycles. The SMILES string of the molecule is [N-]=[N+]=NC1=CC=CC=CN(Cc2ccccc2)C1(C=O)C1=CCCc2c1ccc1c2CCc2ccccc2-1. The van der Waals surface area contributed by atoms with Crippen LogP contribution < -0.4 is 0 Å². The number of aldehydes is 1. The summed E-state index contributed by atoms with van der Waals surface area (Å²) in [5.74, 6) is 0. The number of rotatable bonds is 5. The minimum absolute atomic E-state index is 0.369. The minimum Gasteiger partial charge on any atom is -0.354 e. The highest BCUT2D eigenvalue weighted by atomic mass is 16.1. The van der Waals surface area contributed by atoms with E-state index < -0.39 is 5.54 Å². The molecule has 2 aliphatic carbocycles. The number of nitrogens with zero attached hydrogens (tertiary/aromatic N) is 4. The van der Waals surface area contributed by atoms with Gasteiger partial charge in [-0.3, -0.25) is 4.79 Å². The first-order valence-electron chi connectivity index (χ1n) is 13.1. The van der Waals surface area contributed by atoms with E-state index in [1.54, 1.807) is 6.08 Å². The molecule has 1 aliphatic heterocycles. The number of fused-ring (bicyclic) bond motifs is 5. The molecule has 0 spiro atoms. The van der Waals surface area contributed by atoms with Crippen molar-refractivity contribution in [2.45, 2.75) is 37.8 Å². The Balaban J connectivity index is 1.56. The summed E-state index contributed by atoms with van der Waals surface area (Å²) in [4.78, 5) is 18.6. The lowest BCUT2D eigenvalue weighted by atomic mass is 9.72. The average Bonchev–Trinajstić information content (AvgIpc) is 2.96. The molecule has 38 heavy (non-hydrogen) atoms. The molecule has 0 amide bonds. The number of carbonyl (C=O) groups is 1. The fourth-order valence-electron chi connectivity index (χ4n) is 6.22. The highest BCUT2D eigenvalue weighted by molar-refractivity contribution is 5.97. The van der Waals surface area contributed by atoms with E-state index in [1.165, 1.54) is 27.8 Å². The van der Waals surface area contributed by atoms with E-state index in [2.05, 4.69) is 52.5 Å². The van der Waals surface area contributed by atoms with Gasteiger partial charge in [0.25, 0.3) is 0 Å². The first-order valence-corrected chi connectivity index (χ1v) is 13.1. The Labute approximate surface area is 222 Å². The standard InChI is InChI=1S/C33H28N4O/c34-36-35-32-16-5-2-8-21-37(22-24-10-3-1-4-11-24)33(32,23-38)31-15-9-14-27-29-18-17-25-12-6-7-13-26(25)28(29)19-20-30(27)31/h1-8,10-13,15-16,19-21,23H,9,14,17-18,22H2. The summed E-state index contributed by atoms with van der Waals surface area (Å²) >= 11 is 0. The summed E-state index contributed by atoms with van der Waals surface area (Å²) in [5.41, 5.74) is 18.3. The highest BCUT2D eigenvalue weighted by Gasteiger charge is 2.45. The normalized spacial score (nSPS) is 19.5. The van der Waals surface area contributed by atoms with Gasteiger partial charge in [-0.15, -0.1) is 0 Å². The Morgan fingerprint density at radius 3 is 2.50 bits per heavy atom. The second-order valence-corrected chi connectivity index (χ2v) is 9.90. The van der Waals surface area contributed by atoms with Crippen LogP contribution in [0.15, 0.2) is 114 Å². The molecule has 0 radical (unpaired) electrons. The fraction of sp³-hybridized carbons (Fsp3) is 0.182. The zero-order chi connectivity index (χ0) is 26.0. The van der Waals surface area contributed by atoms with Gasteiger partial charge in [0.1, 0.15) is 5.54 Å². The molecule has 1 unspecified atom stereocenters. The van der Waals surface area contributed by atoms with Crippen LogP contribution >= 0.6 is 0 Å². The summed E-state index contributed by atoms with van der Waals surface area (Å²) in [7, 11) is 0. The zero-order valence-electron chi connectivity index (χ0n) is 21.1. The van der Waals surface area contributed by atoms with Gasteiger partial charge in [0.05, 0.1) is 5.70 Å². The maximum Gasteiger partial charge on any atom is 0.154 e. The molecule has 0 N–H and O–H groups in total. The van der Waals surface area contributed by atoms with Crippen molar-refractivity contribution >= 4 is 11.9 Å². The van der Waals surface area contributed by atoms with Crippen LogP contribution in [-0.4, -0.2) is 16.7 Å². The predicted octanol–water partition coefficient (Wildman–Crippen LogP) is 7.50. The molecule has 0 saturated heterocycles. The lowest BCUT2D eigenvalue weighted by Gasteiger charge is -2.44. The molecule has 1 atom stereocenters. The molecule has 3 aromatic carbocycles. The zero-order valence-corrected chi connectivity index (χ0v) is 21.1. The largest absolute Gasteiger partial charge is 0.354 e. The van der Waals surface area contributed by atoms with Crippen LogP contribution in [0.1, 0.15) is 34.2 Å². The maximum atomic E-state index is 13.4. The van der Waals surface area contributed by atoms with Gasteiger partial charge in [-0.25, -0.2) is 0 Å². The Morgan fingerprint density at radius 1 is 0.868 bits per heavy atom. The molecule has 3 aromatic rings. The van der Waals surface area contributed by atoms with Crippen molar-refractivity contribution < 1.29 is 4.79 Å². The van der Waals surface area contributed by atoms with Crippen LogP contribution in [-0.2, 0) is 30.6 Å². The van der Waals surface area contributed by atoms with Crippen molar-refractivity contribution in [1.82, 2.24) is 4.90 Å². The molecule has 3 aliphatic rings. The molecule has 0 aromatic heterocycles. The van der Waals surface area contributed by atoms with Crippen LogP contribution in [0.25, 0.3) is 27.1 Å². The predicted molar refractivity (Wildman–Crippen MR) is 152 cm³/mol. The van der Waals surface area contributed by atoms with Crippen molar-refractivity contribution in [2.75, 3.05) is 0 Å². The lowest BCUT2D eigenvalue weighted by Crippen LogP contribution is -2.50. The summed E-state index contributed by atoms with van der Waals surface area (Å²) < 4.78 is 0. The molecule has 5 heteroatoms. The number of azide groups is 1. The number of aryl methyl sites for hydroxylation is 1. The van der Waals surface area contributed by atoms with Gasteiger partial charge in [0.2, 0.25) is 0 Å². The molecule has 6 rings (SSSR count). The van der Waals surface area contributed by atoms with E-state index in [0.29, 0.717) is 12.2 Å². The van der Waals surface area contributed by atoms with E-state index in [0.717, 1.165) is 48.7 Å². The van der Waals surface area contributed by atoms with E-state index >= 15 is 0 Å². The van der Waals surface area contributed by atoms with Gasteiger partial charge in [-0.2, -0.15) is 0 Å². The Bertz CT molecular complexity index is 1570. The summed E-state index contributed by atoms with van der Waals surface area (Å²) in [6.45, 7) is 0.479. The maximum absolute atomic E-state index is 13.4. The third kappa shape index (κ3) is 3.89. The van der Waals surface area contributed by atoms with Crippen molar-refractivity contribution in [3.05, 3.63) is 147 Å². The van der Waals surface area contributed by atoms with Crippen LogP contribution in [0.3, 0.4) is 0 Å². The summed E-state index contributed by atoms with van der Waals surface area (Å²) in [6.07, 6.45) is 16.2. The van der Waals surface area contributed by atoms with Gasteiger partial charge in [0.15, 0.2) is 6.29 Å². The van der Waals surface area contributed by atoms with Crippen LogP contribution in [0, 0.1) is 0 Å². The van der Waals surface area contributed by atoms with Gasteiger partial charge in [0, 0.05) is 17.7 Å². The molecule has 0 fully saturated rings. The monoisotopic (exact) mass is 496 g/mol. The Kier molecular flexibility index (Phi) is 6.28. The van der Waals surface area contributed by atoms with Gasteiger partial charge in [-0.1, -0.05) is 96.1 Å². The molecule has 5 nitrogen and oxygen atoms in total. The topological polar surface area (TPSA) is 69.1 Å². The van der Waals surface area contributed by atoms with Gasteiger partial charge in [-0.05, 0) is 81.8 Å². The number of benzene rings is 3. The Hall–Kier alpha value is -4.60. The fourth-order valence-corrected chi connectivity index (χ4v) is 6.22. The molecular formula is C33H28N4O. The van der Waals surface area contributed by atoms with Crippen molar-refractivity contribution in [3.63, 3.8) is 0 Å².